The van der Waals surface area contributed by atoms with Crippen LogP contribution in [0.4, 0.5) is 16.2 Å². The van der Waals surface area contributed by atoms with Crippen molar-refractivity contribution in [2.75, 3.05) is 50.5 Å². The van der Waals surface area contributed by atoms with Crippen LogP contribution in [0.1, 0.15) is 5.56 Å². The molecule has 2 N–H and O–H groups in total. The lowest BCUT2D eigenvalue weighted by Gasteiger charge is -2.35. The normalized spacial score (nSPS) is 19.6. The summed E-state index contributed by atoms with van der Waals surface area (Å²) in [5, 5.41) is 5.49. The number of anilines is 2. The van der Waals surface area contributed by atoms with E-state index in [1.54, 1.807) is 24.1 Å². The second-order valence-corrected chi connectivity index (χ2v) is 7.52. The van der Waals surface area contributed by atoms with Crippen molar-refractivity contribution in [3.05, 3.63) is 60.2 Å². The number of hydrogen-bond donors (Lipinski definition) is 2. The maximum atomic E-state index is 13.1. The van der Waals surface area contributed by atoms with Crippen LogP contribution in [0.5, 0.6) is 0 Å². The van der Waals surface area contributed by atoms with E-state index in [0.717, 1.165) is 43.3 Å². The van der Waals surface area contributed by atoms with E-state index in [1.165, 1.54) is 0 Å². The Hall–Kier alpha value is -3.39. The van der Waals surface area contributed by atoms with Gasteiger partial charge in [0.2, 0.25) is 6.17 Å². The quantitative estimate of drug-likeness (QED) is 0.797. The van der Waals surface area contributed by atoms with Gasteiger partial charge in [-0.05, 0) is 31.3 Å². The molecule has 0 saturated carbocycles. The second-order valence-electron chi connectivity index (χ2n) is 7.52. The number of nitrogens with one attached hydrogen (secondary N) is 2. The fourth-order valence-electron chi connectivity index (χ4n) is 3.68. The molecule has 4 rings (SSSR count). The topological polar surface area (TPSA) is 80.3 Å². The molecule has 3 amide bonds. The second kappa shape index (κ2) is 8.54. The molecule has 0 bridgehead atoms. The molecule has 8 nitrogen and oxygen atoms in total. The number of carbonyl (C=O) groups is 2. The van der Waals surface area contributed by atoms with Crippen molar-refractivity contribution >= 4 is 29.1 Å². The third-order valence-electron chi connectivity index (χ3n) is 5.42. The summed E-state index contributed by atoms with van der Waals surface area (Å²) in [7, 11) is 3.81. The van der Waals surface area contributed by atoms with E-state index in [0.29, 0.717) is 5.69 Å². The minimum Gasteiger partial charge on any atom is -0.354 e. The number of amidine groups is 1. The van der Waals surface area contributed by atoms with Crippen molar-refractivity contribution in [3.8, 4) is 0 Å². The molecule has 2 aromatic carbocycles. The highest BCUT2D eigenvalue weighted by molar-refractivity contribution is 6.12. The molecule has 2 heterocycles. The molecule has 2 aromatic rings. The first-order valence-electron chi connectivity index (χ1n) is 10.0. The van der Waals surface area contributed by atoms with Gasteiger partial charge in [-0.1, -0.05) is 30.3 Å². The number of hydrogen-bond acceptors (Lipinski definition) is 5. The highest BCUT2D eigenvalue weighted by Crippen LogP contribution is 2.26. The molecule has 0 radical (unpaired) electrons. The summed E-state index contributed by atoms with van der Waals surface area (Å²) < 4.78 is 0. The zero-order valence-corrected chi connectivity index (χ0v) is 17.2. The summed E-state index contributed by atoms with van der Waals surface area (Å²) in [5.41, 5.74) is 2.33. The van der Waals surface area contributed by atoms with Crippen molar-refractivity contribution < 1.29 is 9.59 Å². The van der Waals surface area contributed by atoms with Crippen LogP contribution in [0.2, 0.25) is 0 Å². The predicted molar refractivity (Wildman–Crippen MR) is 118 cm³/mol. The van der Waals surface area contributed by atoms with Crippen LogP contribution in [0.25, 0.3) is 0 Å². The number of amides is 3. The number of carbonyl (C=O) groups excluding carboxylic acids is 2. The highest BCUT2D eigenvalue weighted by Gasteiger charge is 2.33. The summed E-state index contributed by atoms with van der Waals surface area (Å²) in [6.45, 7) is 3.45. The number of likely N-dealkylation sites (N-methyl/N-ethyl adjacent to an activating group) is 2. The van der Waals surface area contributed by atoms with Crippen LogP contribution in [0.15, 0.2) is 59.6 Å². The molecule has 0 aliphatic carbocycles. The Morgan fingerprint density at radius 1 is 0.967 bits per heavy atom. The van der Waals surface area contributed by atoms with E-state index in [4.69, 9.17) is 4.99 Å². The standard InChI is InChI=1S/C22H26N6O2/c1-26-12-14-28(15-13-26)20-17-10-6-7-11-18(17)27(2)21(29)19(24-20)25-22(30)23-16-8-4-3-5-9-16/h3-11,19H,12-15H2,1-2H3,(H2,23,25,30)/t19-/m0/s1. The maximum absolute atomic E-state index is 13.1. The van der Waals surface area contributed by atoms with E-state index in [2.05, 4.69) is 27.5 Å². The maximum Gasteiger partial charge on any atom is 0.321 e. The van der Waals surface area contributed by atoms with E-state index < -0.39 is 12.2 Å². The monoisotopic (exact) mass is 406 g/mol. The van der Waals surface area contributed by atoms with Gasteiger partial charge < -0.3 is 25.3 Å². The Morgan fingerprint density at radius 2 is 1.63 bits per heavy atom. The van der Waals surface area contributed by atoms with E-state index in [9.17, 15) is 9.59 Å². The van der Waals surface area contributed by atoms with Gasteiger partial charge in [-0.3, -0.25) is 4.79 Å². The number of benzene rings is 2. The summed E-state index contributed by atoms with van der Waals surface area (Å²) in [6, 6.07) is 16.4. The number of aliphatic imine (C=N–C) groups is 1. The largest absolute Gasteiger partial charge is 0.354 e. The predicted octanol–water partition coefficient (Wildman–Crippen LogP) is 1.80. The minimum atomic E-state index is -1.01. The molecule has 0 aromatic heterocycles. The van der Waals surface area contributed by atoms with Gasteiger partial charge in [-0.25, -0.2) is 9.79 Å². The number of rotatable bonds is 2. The Bertz CT molecular complexity index is 953. The molecule has 0 spiro atoms. The van der Waals surface area contributed by atoms with Gasteiger partial charge >= 0.3 is 6.03 Å². The SMILES string of the molecule is CN1CCN(C2=N[C@@H](NC(=O)Nc3ccccc3)C(=O)N(C)c3ccccc32)CC1. The van der Waals surface area contributed by atoms with Crippen LogP contribution < -0.4 is 15.5 Å². The van der Waals surface area contributed by atoms with Crippen LogP contribution in [-0.4, -0.2) is 74.0 Å². The average Bonchev–Trinajstić information content (AvgIpc) is 2.86. The van der Waals surface area contributed by atoms with E-state index >= 15 is 0 Å². The fraction of sp³-hybridized carbons (Fsp3) is 0.318. The van der Waals surface area contributed by atoms with Crippen LogP contribution in [-0.2, 0) is 4.79 Å². The number of para-hydroxylation sites is 2. The molecular weight excluding hydrogens is 380 g/mol. The lowest BCUT2D eigenvalue weighted by atomic mass is 10.1. The van der Waals surface area contributed by atoms with Gasteiger partial charge in [0.25, 0.3) is 5.91 Å². The summed E-state index contributed by atoms with van der Waals surface area (Å²) in [5.74, 6) is 0.455. The zero-order valence-electron chi connectivity index (χ0n) is 17.2. The molecule has 1 atom stereocenters. The minimum absolute atomic E-state index is 0.283. The smallest absolute Gasteiger partial charge is 0.321 e. The van der Waals surface area contributed by atoms with Gasteiger partial charge in [-0.15, -0.1) is 0 Å². The van der Waals surface area contributed by atoms with Crippen molar-refractivity contribution in [1.82, 2.24) is 15.1 Å². The number of urea groups is 1. The fourth-order valence-corrected chi connectivity index (χ4v) is 3.68. The zero-order chi connectivity index (χ0) is 21.1. The van der Waals surface area contributed by atoms with Crippen molar-refractivity contribution in [1.29, 1.82) is 0 Å². The van der Waals surface area contributed by atoms with Crippen molar-refractivity contribution in [2.45, 2.75) is 6.17 Å². The number of piperazine rings is 1. The molecule has 1 saturated heterocycles. The first kappa shape index (κ1) is 19.9. The summed E-state index contributed by atoms with van der Waals surface area (Å²) >= 11 is 0. The van der Waals surface area contributed by atoms with Crippen LogP contribution in [0.3, 0.4) is 0 Å². The number of benzodiazepines with no additional fused rings is 1. The summed E-state index contributed by atoms with van der Waals surface area (Å²) in [4.78, 5) is 36.4. The third-order valence-corrected chi connectivity index (χ3v) is 5.42. The molecule has 0 unspecified atom stereocenters. The van der Waals surface area contributed by atoms with Gasteiger partial charge in [0.1, 0.15) is 5.84 Å². The van der Waals surface area contributed by atoms with Gasteiger partial charge in [0.15, 0.2) is 0 Å². The van der Waals surface area contributed by atoms with Gasteiger partial charge in [0, 0.05) is 44.5 Å². The number of fused-ring (bicyclic) bond motifs is 1. The number of nitrogens with zero attached hydrogens (tertiary/aromatic N) is 4. The van der Waals surface area contributed by atoms with Gasteiger partial charge in [0.05, 0.1) is 5.69 Å². The van der Waals surface area contributed by atoms with Crippen LogP contribution in [0, 0.1) is 0 Å². The van der Waals surface area contributed by atoms with Crippen molar-refractivity contribution in [2.24, 2.45) is 4.99 Å². The first-order chi connectivity index (χ1) is 14.5. The Kier molecular flexibility index (Phi) is 5.67. The molecule has 8 heteroatoms. The lowest BCUT2D eigenvalue weighted by Crippen LogP contribution is -2.49. The Morgan fingerprint density at radius 3 is 2.37 bits per heavy atom. The lowest BCUT2D eigenvalue weighted by molar-refractivity contribution is -0.119. The average molecular weight is 406 g/mol. The first-order valence-corrected chi connectivity index (χ1v) is 10.0. The summed E-state index contributed by atoms with van der Waals surface area (Å²) in [6.07, 6.45) is -1.01. The Labute approximate surface area is 176 Å². The molecule has 2 aliphatic rings. The third kappa shape index (κ3) is 4.13. The van der Waals surface area contributed by atoms with E-state index in [1.807, 2.05) is 42.5 Å². The molecular formula is C22H26N6O2. The van der Waals surface area contributed by atoms with Crippen LogP contribution >= 0.6 is 0 Å². The van der Waals surface area contributed by atoms with E-state index in [-0.39, 0.29) is 5.91 Å². The van der Waals surface area contributed by atoms with Crippen molar-refractivity contribution in [3.63, 3.8) is 0 Å². The highest BCUT2D eigenvalue weighted by atomic mass is 16.2. The van der Waals surface area contributed by atoms with Gasteiger partial charge in [-0.2, -0.15) is 0 Å². The Balaban J connectivity index is 1.63. The molecule has 30 heavy (non-hydrogen) atoms. The molecule has 156 valence electrons. The molecule has 2 aliphatic heterocycles. The molecule has 1 fully saturated rings.